The standard InChI is InChI=1S/C10H17N3/c1-9(7-11-10-3-4-10)8-13-6-2-5-12-13/h2,5-6,9-11H,3-4,7-8H2,1H3. The Morgan fingerprint density at radius 1 is 1.62 bits per heavy atom. The average Bonchev–Trinajstić information content (AvgIpc) is 2.82. The predicted molar refractivity (Wildman–Crippen MR) is 52.4 cm³/mol. The lowest BCUT2D eigenvalue weighted by molar-refractivity contribution is 0.421. The van der Waals surface area contributed by atoms with Crippen molar-refractivity contribution in [2.75, 3.05) is 6.54 Å². The summed E-state index contributed by atoms with van der Waals surface area (Å²) in [5, 5.41) is 7.72. The van der Waals surface area contributed by atoms with Crippen LogP contribution in [0, 0.1) is 5.92 Å². The molecular formula is C10H17N3. The first kappa shape index (κ1) is 8.75. The fourth-order valence-corrected chi connectivity index (χ4v) is 1.45. The van der Waals surface area contributed by atoms with Gasteiger partial charge in [-0.2, -0.15) is 5.10 Å². The molecule has 72 valence electrons. The number of hydrogen-bond acceptors (Lipinski definition) is 2. The van der Waals surface area contributed by atoms with Crippen molar-refractivity contribution < 1.29 is 0 Å². The normalized spacial score (nSPS) is 18.8. The lowest BCUT2D eigenvalue weighted by Crippen LogP contribution is -2.25. The van der Waals surface area contributed by atoms with E-state index in [9.17, 15) is 0 Å². The number of nitrogens with zero attached hydrogens (tertiary/aromatic N) is 2. The molecule has 1 unspecified atom stereocenters. The van der Waals surface area contributed by atoms with E-state index in [0.717, 1.165) is 19.1 Å². The first-order valence-corrected chi connectivity index (χ1v) is 5.05. The summed E-state index contributed by atoms with van der Waals surface area (Å²) >= 11 is 0. The maximum absolute atomic E-state index is 4.19. The molecule has 0 aliphatic heterocycles. The van der Waals surface area contributed by atoms with Crippen molar-refractivity contribution in [1.29, 1.82) is 0 Å². The molecule has 1 N–H and O–H groups in total. The lowest BCUT2D eigenvalue weighted by Gasteiger charge is -2.11. The molecule has 1 aromatic rings. The second-order valence-corrected chi connectivity index (χ2v) is 4.02. The summed E-state index contributed by atoms with van der Waals surface area (Å²) < 4.78 is 2.00. The molecule has 13 heavy (non-hydrogen) atoms. The van der Waals surface area contributed by atoms with Gasteiger partial charge in [0.25, 0.3) is 0 Å². The highest BCUT2D eigenvalue weighted by Gasteiger charge is 2.20. The maximum Gasteiger partial charge on any atom is 0.0489 e. The van der Waals surface area contributed by atoms with Crippen LogP contribution >= 0.6 is 0 Å². The van der Waals surface area contributed by atoms with Crippen molar-refractivity contribution >= 4 is 0 Å². The van der Waals surface area contributed by atoms with E-state index in [0.29, 0.717) is 5.92 Å². The van der Waals surface area contributed by atoms with Gasteiger partial charge in [0.15, 0.2) is 0 Å². The highest BCUT2D eigenvalue weighted by molar-refractivity contribution is 4.82. The third-order valence-electron chi connectivity index (χ3n) is 2.39. The van der Waals surface area contributed by atoms with Crippen molar-refractivity contribution in [1.82, 2.24) is 15.1 Å². The van der Waals surface area contributed by atoms with Gasteiger partial charge in [-0.05, 0) is 31.4 Å². The van der Waals surface area contributed by atoms with Crippen LogP contribution in [0.25, 0.3) is 0 Å². The van der Waals surface area contributed by atoms with Crippen molar-refractivity contribution in [2.45, 2.75) is 32.4 Å². The SMILES string of the molecule is CC(CNC1CC1)Cn1cccn1. The van der Waals surface area contributed by atoms with E-state index in [1.54, 1.807) is 0 Å². The van der Waals surface area contributed by atoms with Crippen molar-refractivity contribution in [2.24, 2.45) is 5.92 Å². The monoisotopic (exact) mass is 179 g/mol. The molecule has 1 aromatic heterocycles. The van der Waals surface area contributed by atoms with Crippen LogP contribution in [0.1, 0.15) is 19.8 Å². The molecule has 0 amide bonds. The lowest BCUT2D eigenvalue weighted by atomic mass is 10.2. The van der Waals surface area contributed by atoms with Crippen LogP contribution in [0.4, 0.5) is 0 Å². The largest absolute Gasteiger partial charge is 0.314 e. The minimum Gasteiger partial charge on any atom is -0.314 e. The summed E-state index contributed by atoms with van der Waals surface area (Å²) in [5.74, 6) is 0.667. The average molecular weight is 179 g/mol. The number of nitrogens with one attached hydrogen (secondary N) is 1. The van der Waals surface area contributed by atoms with E-state index in [1.807, 2.05) is 23.1 Å². The van der Waals surface area contributed by atoms with Gasteiger partial charge < -0.3 is 5.32 Å². The van der Waals surface area contributed by atoms with Crippen LogP contribution in [0.15, 0.2) is 18.5 Å². The topological polar surface area (TPSA) is 29.9 Å². The number of aromatic nitrogens is 2. The van der Waals surface area contributed by atoms with Gasteiger partial charge in [0.05, 0.1) is 0 Å². The molecule has 1 atom stereocenters. The Kier molecular flexibility index (Phi) is 2.64. The third-order valence-corrected chi connectivity index (χ3v) is 2.39. The minimum atomic E-state index is 0.667. The van der Waals surface area contributed by atoms with Crippen LogP contribution in [-0.2, 0) is 6.54 Å². The van der Waals surface area contributed by atoms with E-state index in [1.165, 1.54) is 12.8 Å². The zero-order valence-electron chi connectivity index (χ0n) is 8.11. The molecule has 0 saturated heterocycles. The van der Waals surface area contributed by atoms with Gasteiger partial charge in [0, 0.05) is 25.0 Å². The van der Waals surface area contributed by atoms with E-state index < -0.39 is 0 Å². The van der Waals surface area contributed by atoms with Crippen LogP contribution in [0.2, 0.25) is 0 Å². The Labute approximate surface area is 79.1 Å². The van der Waals surface area contributed by atoms with Gasteiger partial charge in [-0.15, -0.1) is 0 Å². The van der Waals surface area contributed by atoms with Crippen molar-refractivity contribution in [3.05, 3.63) is 18.5 Å². The van der Waals surface area contributed by atoms with Crippen LogP contribution in [0.5, 0.6) is 0 Å². The quantitative estimate of drug-likeness (QED) is 0.737. The summed E-state index contributed by atoms with van der Waals surface area (Å²) in [4.78, 5) is 0. The Morgan fingerprint density at radius 3 is 3.08 bits per heavy atom. The first-order chi connectivity index (χ1) is 6.34. The van der Waals surface area contributed by atoms with E-state index >= 15 is 0 Å². The maximum atomic E-state index is 4.19. The molecule has 1 aliphatic carbocycles. The zero-order chi connectivity index (χ0) is 9.10. The fourth-order valence-electron chi connectivity index (χ4n) is 1.45. The molecule has 2 rings (SSSR count). The highest BCUT2D eigenvalue weighted by atomic mass is 15.3. The Hall–Kier alpha value is -0.830. The minimum absolute atomic E-state index is 0.667. The Balaban J connectivity index is 1.68. The Morgan fingerprint density at radius 2 is 2.46 bits per heavy atom. The fraction of sp³-hybridized carbons (Fsp3) is 0.700. The van der Waals surface area contributed by atoms with Crippen LogP contribution in [-0.4, -0.2) is 22.4 Å². The van der Waals surface area contributed by atoms with Crippen molar-refractivity contribution in [3.63, 3.8) is 0 Å². The van der Waals surface area contributed by atoms with Gasteiger partial charge >= 0.3 is 0 Å². The van der Waals surface area contributed by atoms with E-state index in [2.05, 4.69) is 17.3 Å². The van der Waals surface area contributed by atoms with Gasteiger partial charge in [0.2, 0.25) is 0 Å². The second kappa shape index (κ2) is 3.92. The van der Waals surface area contributed by atoms with Gasteiger partial charge in [0.1, 0.15) is 0 Å². The number of hydrogen-bond donors (Lipinski definition) is 1. The predicted octanol–water partition coefficient (Wildman–Crippen LogP) is 1.27. The molecular weight excluding hydrogens is 162 g/mol. The Bertz CT molecular complexity index is 239. The first-order valence-electron chi connectivity index (χ1n) is 5.05. The highest BCUT2D eigenvalue weighted by Crippen LogP contribution is 2.18. The zero-order valence-corrected chi connectivity index (χ0v) is 8.11. The summed E-state index contributed by atoms with van der Waals surface area (Å²) in [6, 6.07) is 2.79. The molecule has 0 aromatic carbocycles. The van der Waals surface area contributed by atoms with E-state index in [4.69, 9.17) is 0 Å². The van der Waals surface area contributed by atoms with Gasteiger partial charge in [-0.25, -0.2) is 0 Å². The molecule has 1 saturated carbocycles. The molecule has 1 fully saturated rings. The second-order valence-electron chi connectivity index (χ2n) is 4.02. The molecule has 3 nitrogen and oxygen atoms in total. The molecule has 3 heteroatoms. The smallest absolute Gasteiger partial charge is 0.0489 e. The molecule has 0 spiro atoms. The van der Waals surface area contributed by atoms with E-state index in [-0.39, 0.29) is 0 Å². The summed E-state index contributed by atoms with van der Waals surface area (Å²) in [5.41, 5.74) is 0. The van der Waals surface area contributed by atoms with Crippen LogP contribution < -0.4 is 5.32 Å². The summed E-state index contributed by atoms with van der Waals surface area (Å²) in [6.45, 7) is 4.40. The van der Waals surface area contributed by atoms with Crippen LogP contribution in [0.3, 0.4) is 0 Å². The summed E-state index contributed by atoms with van der Waals surface area (Å²) in [6.07, 6.45) is 6.59. The van der Waals surface area contributed by atoms with Gasteiger partial charge in [-0.3, -0.25) is 4.68 Å². The molecule has 0 radical (unpaired) electrons. The number of rotatable bonds is 5. The van der Waals surface area contributed by atoms with Crippen molar-refractivity contribution in [3.8, 4) is 0 Å². The molecule has 1 heterocycles. The molecule has 0 bridgehead atoms. The molecule has 1 aliphatic rings. The third kappa shape index (κ3) is 2.84. The van der Waals surface area contributed by atoms with Gasteiger partial charge in [-0.1, -0.05) is 6.92 Å². The summed E-state index contributed by atoms with van der Waals surface area (Å²) in [7, 11) is 0.